The second kappa shape index (κ2) is 4.42. The van der Waals surface area contributed by atoms with E-state index in [1.807, 2.05) is 0 Å². The smallest absolute Gasteiger partial charge is 0.371 e. The van der Waals surface area contributed by atoms with Gasteiger partial charge in [0.1, 0.15) is 5.58 Å². The number of halogens is 1. The topological polar surface area (TPSA) is 50.4 Å². The molecule has 0 spiro atoms. The lowest BCUT2D eigenvalue weighted by Crippen LogP contribution is -1.91. The number of fused-ring (bicyclic) bond motifs is 1. The zero-order valence-corrected chi connectivity index (χ0v) is 9.74. The Bertz CT molecular complexity index is 601. The van der Waals surface area contributed by atoms with E-state index in [-0.39, 0.29) is 5.76 Å². The Morgan fingerprint density at radius 1 is 1.44 bits per heavy atom. The van der Waals surface area contributed by atoms with E-state index in [0.29, 0.717) is 10.9 Å². The van der Waals surface area contributed by atoms with E-state index in [4.69, 9.17) is 9.52 Å². The van der Waals surface area contributed by atoms with E-state index in [0.717, 1.165) is 10.9 Å². The number of carboxylic acids is 1. The number of hydrogen-bond acceptors (Lipinski definition) is 2. The van der Waals surface area contributed by atoms with Crippen LogP contribution in [0.3, 0.4) is 0 Å². The molecule has 2 rings (SSSR count). The summed E-state index contributed by atoms with van der Waals surface area (Å²) in [6, 6.07) is 6.82. The number of rotatable bonds is 1. The van der Waals surface area contributed by atoms with Gasteiger partial charge in [0, 0.05) is 10.9 Å². The molecule has 0 saturated heterocycles. The summed E-state index contributed by atoms with van der Waals surface area (Å²) < 4.78 is 5.13. The van der Waals surface area contributed by atoms with Crippen LogP contribution in [0.4, 0.5) is 0 Å². The Morgan fingerprint density at radius 3 is 2.94 bits per heavy atom. The number of carboxylic acid groups (broad SMARTS) is 1. The fraction of sp³-hybridized carbons (Fsp3) is 0.0833. The van der Waals surface area contributed by atoms with Gasteiger partial charge >= 0.3 is 5.97 Å². The number of carbonyl (C=O) groups is 1. The molecule has 0 amide bonds. The number of furan rings is 1. The average Bonchev–Trinajstić information content (AvgIpc) is 2.69. The van der Waals surface area contributed by atoms with Gasteiger partial charge in [0.05, 0.1) is 5.33 Å². The molecule has 4 heteroatoms. The minimum atomic E-state index is -1.07. The van der Waals surface area contributed by atoms with Crippen LogP contribution >= 0.6 is 15.9 Å². The fourth-order valence-electron chi connectivity index (χ4n) is 1.36. The van der Waals surface area contributed by atoms with Crippen molar-refractivity contribution >= 4 is 32.9 Å². The monoisotopic (exact) mass is 278 g/mol. The third-order valence-corrected chi connectivity index (χ3v) is 2.31. The van der Waals surface area contributed by atoms with Crippen molar-refractivity contribution in [3.05, 3.63) is 35.6 Å². The highest BCUT2D eigenvalue weighted by atomic mass is 79.9. The maximum atomic E-state index is 10.7. The van der Waals surface area contributed by atoms with Gasteiger partial charge in [-0.3, -0.25) is 0 Å². The van der Waals surface area contributed by atoms with E-state index < -0.39 is 5.97 Å². The van der Waals surface area contributed by atoms with Gasteiger partial charge in [0.15, 0.2) is 0 Å². The molecule has 1 N–H and O–H groups in total. The zero-order chi connectivity index (χ0) is 11.5. The SMILES string of the molecule is O=C(O)c1cc2cc(C#CCBr)ccc2o1. The number of benzene rings is 1. The molecule has 0 aliphatic rings. The highest BCUT2D eigenvalue weighted by Gasteiger charge is 2.09. The second-order valence-electron chi connectivity index (χ2n) is 3.10. The van der Waals surface area contributed by atoms with Gasteiger partial charge in [-0.2, -0.15) is 0 Å². The minimum absolute atomic E-state index is 0.0550. The van der Waals surface area contributed by atoms with Crippen LogP contribution < -0.4 is 0 Å². The molecule has 0 aliphatic heterocycles. The maximum absolute atomic E-state index is 10.7. The fourth-order valence-corrected chi connectivity index (χ4v) is 1.50. The molecule has 80 valence electrons. The highest BCUT2D eigenvalue weighted by Crippen LogP contribution is 2.20. The Kier molecular flexibility index (Phi) is 2.97. The standard InChI is InChI=1S/C12H7BrO3/c13-5-1-2-8-3-4-10-9(6-8)7-11(16-10)12(14)15/h3-4,6-7H,5H2,(H,14,15). The van der Waals surface area contributed by atoms with Gasteiger partial charge in [-0.15, -0.1) is 0 Å². The molecule has 16 heavy (non-hydrogen) atoms. The van der Waals surface area contributed by atoms with Gasteiger partial charge in [-0.1, -0.05) is 27.8 Å². The van der Waals surface area contributed by atoms with Crippen molar-refractivity contribution in [1.82, 2.24) is 0 Å². The molecule has 0 atom stereocenters. The maximum Gasteiger partial charge on any atom is 0.371 e. The Hall–Kier alpha value is -1.73. The lowest BCUT2D eigenvalue weighted by molar-refractivity contribution is 0.0665. The highest BCUT2D eigenvalue weighted by molar-refractivity contribution is 9.09. The first-order valence-corrected chi connectivity index (χ1v) is 5.64. The van der Waals surface area contributed by atoms with E-state index in [1.54, 1.807) is 18.2 Å². The van der Waals surface area contributed by atoms with Gasteiger partial charge < -0.3 is 9.52 Å². The van der Waals surface area contributed by atoms with E-state index in [1.165, 1.54) is 6.07 Å². The summed E-state index contributed by atoms with van der Waals surface area (Å²) in [6.07, 6.45) is 0. The molecule has 0 bridgehead atoms. The Balaban J connectivity index is 2.49. The van der Waals surface area contributed by atoms with Crippen molar-refractivity contribution in [3.8, 4) is 11.8 Å². The van der Waals surface area contributed by atoms with E-state index >= 15 is 0 Å². The van der Waals surface area contributed by atoms with Crippen molar-refractivity contribution in [2.24, 2.45) is 0 Å². The molecule has 0 fully saturated rings. The number of alkyl halides is 1. The first-order chi connectivity index (χ1) is 7.70. The molecular weight excluding hydrogens is 272 g/mol. The largest absolute Gasteiger partial charge is 0.475 e. The lowest BCUT2D eigenvalue weighted by atomic mass is 10.1. The van der Waals surface area contributed by atoms with Crippen molar-refractivity contribution in [2.45, 2.75) is 0 Å². The summed E-state index contributed by atoms with van der Waals surface area (Å²) >= 11 is 3.21. The predicted molar refractivity (Wildman–Crippen MR) is 63.8 cm³/mol. The second-order valence-corrected chi connectivity index (χ2v) is 3.66. The Labute approximate surface area is 100 Å². The summed E-state index contributed by atoms with van der Waals surface area (Å²) in [4.78, 5) is 10.7. The molecule has 0 radical (unpaired) electrons. The van der Waals surface area contributed by atoms with Gasteiger partial charge in [0.25, 0.3) is 0 Å². The molecule has 0 unspecified atom stereocenters. The normalized spacial score (nSPS) is 9.81. The predicted octanol–water partition coefficient (Wildman–Crippen LogP) is 2.88. The molecule has 2 aromatic rings. The van der Waals surface area contributed by atoms with Crippen molar-refractivity contribution in [2.75, 3.05) is 5.33 Å². The van der Waals surface area contributed by atoms with Crippen LogP contribution in [-0.2, 0) is 0 Å². The van der Waals surface area contributed by atoms with Crippen molar-refractivity contribution < 1.29 is 14.3 Å². The van der Waals surface area contributed by atoms with Crippen molar-refractivity contribution in [3.63, 3.8) is 0 Å². The van der Waals surface area contributed by atoms with Crippen LogP contribution in [0.15, 0.2) is 28.7 Å². The number of hydrogen-bond donors (Lipinski definition) is 1. The molecule has 0 saturated carbocycles. The summed E-state index contributed by atoms with van der Waals surface area (Å²) in [5, 5.41) is 10.1. The van der Waals surface area contributed by atoms with E-state index in [2.05, 4.69) is 27.8 Å². The molecule has 3 nitrogen and oxygen atoms in total. The summed E-state index contributed by atoms with van der Waals surface area (Å²) in [6.45, 7) is 0. The molecule has 1 aromatic carbocycles. The average molecular weight is 279 g/mol. The number of aromatic carboxylic acids is 1. The molecule has 1 aromatic heterocycles. The van der Waals surface area contributed by atoms with Crippen LogP contribution in [0.2, 0.25) is 0 Å². The van der Waals surface area contributed by atoms with Gasteiger partial charge in [-0.25, -0.2) is 4.79 Å². The summed E-state index contributed by atoms with van der Waals surface area (Å²) in [5.74, 6) is 4.70. The van der Waals surface area contributed by atoms with Crippen LogP contribution in [0.25, 0.3) is 11.0 Å². The van der Waals surface area contributed by atoms with Crippen LogP contribution in [0.1, 0.15) is 16.1 Å². The molecule has 1 heterocycles. The lowest BCUT2D eigenvalue weighted by Gasteiger charge is -1.89. The van der Waals surface area contributed by atoms with Gasteiger partial charge in [-0.05, 0) is 24.3 Å². The van der Waals surface area contributed by atoms with Crippen LogP contribution in [0.5, 0.6) is 0 Å². The third-order valence-electron chi connectivity index (χ3n) is 2.03. The minimum Gasteiger partial charge on any atom is -0.475 e. The van der Waals surface area contributed by atoms with Crippen molar-refractivity contribution in [1.29, 1.82) is 0 Å². The molecule has 0 aliphatic carbocycles. The summed E-state index contributed by atoms with van der Waals surface area (Å²) in [7, 11) is 0. The first kappa shape index (κ1) is 10.8. The zero-order valence-electron chi connectivity index (χ0n) is 8.16. The third kappa shape index (κ3) is 2.10. The first-order valence-electron chi connectivity index (χ1n) is 4.52. The molecular formula is C12H7BrO3. The van der Waals surface area contributed by atoms with E-state index in [9.17, 15) is 4.79 Å². The Morgan fingerprint density at radius 2 is 2.25 bits per heavy atom. The van der Waals surface area contributed by atoms with Crippen LogP contribution in [0, 0.1) is 11.8 Å². The quantitative estimate of drug-likeness (QED) is 0.645. The summed E-state index contributed by atoms with van der Waals surface area (Å²) in [5.41, 5.74) is 1.39. The van der Waals surface area contributed by atoms with Gasteiger partial charge in [0.2, 0.25) is 5.76 Å². The van der Waals surface area contributed by atoms with Crippen LogP contribution in [-0.4, -0.2) is 16.4 Å².